The highest BCUT2D eigenvalue weighted by Crippen LogP contribution is 2.37. The van der Waals surface area contributed by atoms with Gasteiger partial charge in [0.25, 0.3) is 0 Å². The van der Waals surface area contributed by atoms with Crippen molar-refractivity contribution in [1.82, 2.24) is 0 Å². The van der Waals surface area contributed by atoms with Crippen LogP contribution in [0.4, 0.5) is 0 Å². The van der Waals surface area contributed by atoms with Crippen molar-refractivity contribution in [2.75, 3.05) is 0 Å². The van der Waals surface area contributed by atoms with E-state index in [1.165, 1.54) is 31.2 Å². The molecule has 1 aromatic rings. The lowest BCUT2D eigenvalue weighted by Crippen LogP contribution is -2.12. The highest BCUT2D eigenvalue weighted by molar-refractivity contribution is 5.94. The molecule has 0 bridgehead atoms. The van der Waals surface area contributed by atoms with Crippen LogP contribution >= 0.6 is 0 Å². The molecule has 0 saturated heterocycles. The Morgan fingerprint density at radius 3 is 2.33 bits per heavy atom. The molecule has 1 aliphatic rings. The number of rotatable bonds is 4. The fraction of sp³-hybridized carbons (Fsp3) is 0.471. The maximum absolute atomic E-state index is 11.2. The first kappa shape index (κ1) is 13.1. The molecule has 0 heterocycles. The molecular weight excluding hydrogens is 220 g/mol. The molecule has 1 nitrogen and oxygen atoms in total. The molecule has 0 N–H and O–H groups in total. The molecule has 0 spiro atoms. The van der Waals surface area contributed by atoms with E-state index in [1.807, 2.05) is 18.2 Å². The fourth-order valence-corrected chi connectivity index (χ4v) is 2.96. The third-order valence-electron chi connectivity index (χ3n) is 4.14. The van der Waals surface area contributed by atoms with Gasteiger partial charge in [0, 0.05) is 5.56 Å². The maximum atomic E-state index is 11.2. The maximum Gasteiger partial charge on any atom is 0.159 e. The molecule has 1 saturated carbocycles. The van der Waals surface area contributed by atoms with Crippen LogP contribution < -0.4 is 0 Å². The number of carbonyl (C=O) groups excluding carboxylic acids is 1. The molecule has 0 radical (unpaired) electrons. The number of Topliss-reactive ketones (excluding diaryl/α,β-unsaturated/α-hetero) is 1. The topological polar surface area (TPSA) is 17.1 Å². The molecule has 1 heteroatoms. The van der Waals surface area contributed by atoms with Gasteiger partial charge in [-0.3, -0.25) is 4.79 Å². The largest absolute Gasteiger partial charge is 0.295 e. The fourth-order valence-electron chi connectivity index (χ4n) is 2.96. The van der Waals surface area contributed by atoms with E-state index in [0.717, 1.165) is 17.9 Å². The Balaban J connectivity index is 1.97. The minimum atomic E-state index is 0.149. The zero-order chi connectivity index (χ0) is 13.0. The Labute approximate surface area is 110 Å². The molecule has 0 amide bonds. The third-order valence-corrected chi connectivity index (χ3v) is 4.14. The summed E-state index contributed by atoms with van der Waals surface area (Å²) in [5.41, 5.74) is 2.22. The van der Waals surface area contributed by atoms with Gasteiger partial charge in [-0.05, 0) is 56.4 Å². The summed E-state index contributed by atoms with van der Waals surface area (Å²) >= 11 is 0. The number of ketones is 1. The standard InChI is InChI=1S/C17H22O/c1-3-4-14-5-7-16(8-6-14)17-11-9-15(10-12-17)13(2)18/h3,9-12,14,16H,1,4-8H2,2H3/t14-,16-. The quantitative estimate of drug-likeness (QED) is 0.550. The molecule has 2 rings (SSSR count). The molecule has 0 unspecified atom stereocenters. The van der Waals surface area contributed by atoms with Gasteiger partial charge in [0.05, 0.1) is 0 Å². The van der Waals surface area contributed by atoms with Crippen LogP contribution in [0.15, 0.2) is 36.9 Å². The summed E-state index contributed by atoms with van der Waals surface area (Å²) in [6.07, 6.45) is 8.38. The number of allylic oxidation sites excluding steroid dienone is 1. The van der Waals surface area contributed by atoms with Crippen molar-refractivity contribution in [1.29, 1.82) is 0 Å². The predicted octanol–water partition coefficient (Wildman–Crippen LogP) is 4.74. The van der Waals surface area contributed by atoms with E-state index in [2.05, 4.69) is 18.7 Å². The summed E-state index contributed by atoms with van der Waals surface area (Å²) in [5.74, 6) is 1.68. The highest BCUT2D eigenvalue weighted by atomic mass is 16.1. The molecular formula is C17H22O. The van der Waals surface area contributed by atoms with Crippen LogP contribution in [-0.4, -0.2) is 5.78 Å². The van der Waals surface area contributed by atoms with Gasteiger partial charge >= 0.3 is 0 Å². The van der Waals surface area contributed by atoms with E-state index in [1.54, 1.807) is 6.92 Å². The van der Waals surface area contributed by atoms with Crippen molar-refractivity contribution in [3.63, 3.8) is 0 Å². The Kier molecular flexibility index (Phi) is 4.35. The number of hydrogen-bond acceptors (Lipinski definition) is 1. The summed E-state index contributed by atoms with van der Waals surface area (Å²) in [4.78, 5) is 11.2. The average Bonchev–Trinajstić information content (AvgIpc) is 2.40. The Hall–Kier alpha value is -1.37. The van der Waals surface area contributed by atoms with Crippen molar-refractivity contribution in [3.8, 4) is 0 Å². The summed E-state index contributed by atoms with van der Waals surface area (Å²) in [6.45, 7) is 5.45. The van der Waals surface area contributed by atoms with E-state index in [9.17, 15) is 4.79 Å². The van der Waals surface area contributed by atoms with Crippen LogP contribution in [0.1, 0.15) is 60.9 Å². The molecule has 1 aliphatic carbocycles. The van der Waals surface area contributed by atoms with E-state index >= 15 is 0 Å². The minimum absolute atomic E-state index is 0.149. The van der Waals surface area contributed by atoms with E-state index in [0.29, 0.717) is 5.92 Å². The summed E-state index contributed by atoms with van der Waals surface area (Å²) in [6, 6.07) is 8.20. The van der Waals surface area contributed by atoms with E-state index in [4.69, 9.17) is 0 Å². The average molecular weight is 242 g/mol. The Morgan fingerprint density at radius 1 is 1.22 bits per heavy atom. The van der Waals surface area contributed by atoms with Gasteiger partial charge in [-0.2, -0.15) is 0 Å². The SMILES string of the molecule is C=CC[C@H]1CC[C@H](c2ccc(C(C)=O)cc2)CC1. The smallest absolute Gasteiger partial charge is 0.159 e. The van der Waals surface area contributed by atoms with Crippen LogP contribution in [0, 0.1) is 5.92 Å². The zero-order valence-corrected chi connectivity index (χ0v) is 11.2. The third kappa shape index (κ3) is 3.10. The van der Waals surface area contributed by atoms with Gasteiger partial charge in [-0.15, -0.1) is 6.58 Å². The van der Waals surface area contributed by atoms with Gasteiger partial charge in [0.15, 0.2) is 5.78 Å². The van der Waals surface area contributed by atoms with Gasteiger partial charge in [0.2, 0.25) is 0 Å². The van der Waals surface area contributed by atoms with Crippen molar-refractivity contribution < 1.29 is 4.79 Å². The first-order chi connectivity index (χ1) is 8.70. The van der Waals surface area contributed by atoms with Crippen LogP contribution in [0.3, 0.4) is 0 Å². The van der Waals surface area contributed by atoms with Crippen molar-refractivity contribution in [2.45, 2.75) is 44.9 Å². The molecule has 1 aromatic carbocycles. The Morgan fingerprint density at radius 2 is 1.83 bits per heavy atom. The van der Waals surface area contributed by atoms with Crippen molar-refractivity contribution in [3.05, 3.63) is 48.0 Å². The number of benzene rings is 1. The number of carbonyl (C=O) groups is 1. The van der Waals surface area contributed by atoms with Crippen LogP contribution in [-0.2, 0) is 0 Å². The summed E-state index contributed by atoms with van der Waals surface area (Å²) in [5, 5.41) is 0. The molecule has 0 aliphatic heterocycles. The lowest BCUT2D eigenvalue weighted by atomic mass is 9.77. The second-order valence-electron chi connectivity index (χ2n) is 5.42. The second-order valence-corrected chi connectivity index (χ2v) is 5.42. The van der Waals surface area contributed by atoms with Gasteiger partial charge < -0.3 is 0 Å². The van der Waals surface area contributed by atoms with Gasteiger partial charge in [-0.1, -0.05) is 30.3 Å². The van der Waals surface area contributed by atoms with Crippen LogP contribution in [0.5, 0.6) is 0 Å². The minimum Gasteiger partial charge on any atom is -0.295 e. The lowest BCUT2D eigenvalue weighted by molar-refractivity contribution is 0.101. The van der Waals surface area contributed by atoms with E-state index in [-0.39, 0.29) is 5.78 Å². The highest BCUT2D eigenvalue weighted by Gasteiger charge is 2.21. The van der Waals surface area contributed by atoms with Gasteiger partial charge in [0.1, 0.15) is 0 Å². The molecule has 0 aromatic heterocycles. The predicted molar refractivity (Wildman–Crippen MR) is 76.0 cm³/mol. The van der Waals surface area contributed by atoms with Crippen molar-refractivity contribution >= 4 is 5.78 Å². The van der Waals surface area contributed by atoms with Crippen LogP contribution in [0.2, 0.25) is 0 Å². The number of hydrogen-bond donors (Lipinski definition) is 0. The summed E-state index contributed by atoms with van der Waals surface area (Å²) < 4.78 is 0. The molecule has 0 atom stereocenters. The molecule has 18 heavy (non-hydrogen) atoms. The van der Waals surface area contributed by atoms with Gasteiger partial charge in [-0.25, -0.2) is 0 Å². The zero-order valence-electron chi connectivity index (χ0n) is 11.2. The van der Waals surface area contributed by atoms with Crippen LogP contribution in [0.25, 0.3) is 0 Å². The normalized spacial score (nSPS) is 23.6. The molecule has 96 valence electrons. The molecule has 1 fully saturated rings. The lowest BCUT2D eigenvalue weighted by Gasteiger charge is -2.28. The van der Waals surface area contributed by atoms with Crippen molar-refractivity contribution in [2.24, 2.45) is 5.92 Å². The van der Waals surface area contributed by atoms with E-state index < -0.39 is 0 Å². The summed E-state index contributed by atoms with van der Waals surface area (Å²) in [7, 11) is 0. The Bertz CT molecular complexity index is 408. The first-order valence-corrected chi connectivity index (χ1v) is 6.92. The second kappa shape index (κ2) is 5.99. The monoisotopic (exact) mass is 242 g/mol. The first-order valence-electron chi connectivity index (χ1n) is 6.92.